The molecule has 0 saturated heterocycles. The third-order valence-corrected chi connectivity index (χ3v) is 1.91. The summed E-state index contributed by atoms with van der Waals surface area (Å²) in [6, 6.07) is 2.80. The van der Waals surface area contributed by atoms with Crippen molar-refractivity contribution in [2.45, 2.75) is 6.18 Å². The average molecular weight is 290 g/mol. The lowest BCUT2D eigenvalue weighted by molar-refractivity contribution is -0.140. The number of alkyl halides is 3. The van der Waals surface area contributed by atoms with E-state index in [9.17, 15) is 17.6 Å². The number of benzene rings is 1. The van der Waals surface area contributed by atoms with Gasteiger partial charge in [0.05, 0.1) is 5.56 Å². The molecule has 5 heteroatoms. The standard InChI is InChI=1S/C7H3F4I/c8-6-3-4(12)1-2-5(6)7(9,10)11/h1-3H. The highest BCUT2D eigenvalue weighted by Gasteiger charge is 2.33. The summed E-state index contributed by atoms with van der Waals surface area (Å²) in [5, 5.41) is 0. The Bertz CT molecular complexity index is 292. The summed E-state index contributed by atoms with van der Waals surface area (Å²) < 4.78 is 48.9. The largest absolute Gasteiger partial charge is 0.419 e. The lowest BCUT2D eigenvalue weighted by Gasteiger charge is -2.06. The first-order chi connectivity index (χ1) is 5.41. The molecule has 0 spiro atoms. The normalized spacial score (nSPS) is 11.8. The highest BCUT2D eigenvalue weighted by molar-refractivity contribution is 14.1. The Morgan fingerprint density at radius 1 is 1.17 bits per heavy atom. The highest BCUT2D eigenvalue weighted by atomic mass is 127. The van der Waals surface area contributed by atoms with E-state index in [0.29, 0.717) is 3.57 Å². The molecular weight excluding hydrogens is 287 g/mol. The van der Waals surface area contributed by atoms with Gasteiger partial charge in [-0.25, -0.2) is 4.39 Å². The third-order valence-electron chi connectivity index (χ3n) is 1.24. The van der Waals surface area contributed by atoms with E-state index >= 15 is 0 Å². The van der Waals surface area contributed by atoms with Crippen molar-refractivity contribution in [2.75, 3.05) is 0 Å². The molecule has 1 aromatic rings. The van der Waals surface area contributed by atoms with Gasteiger partial charge in [0.25, 0.3) is 0 Å². The summed E-state index contributed by atoms with van der Waals surface area (Å²) in [6.45, 7) is 0. The fourth-order valence-corrected chi connectivity index (χ4v) is 1.17. The molecule has 0 aliphatic heterocycles. The smallest absolute Gasteiger partial charge is 0.206 e. The molecule has 66 valence electrons. The van der Waals surface area contributed by atoms with Gasteiger partial charge in [-0.15, -0.1) is 0 Å². The van der Waals surface area contributed by atoms with Crippen LogP contribution < -0.4 is 0 Å². The van der Waals surface area contributed by atoms with Crippen LogP contribution in [0.1, 0.15) is 5.56 Å². The van der Waals surface area contributed by atoms with Gasteiger partial charge in [0.15, 0.2) is 0 Å². The van der Waals surface area contributed by atoms with Gasteiger partial charge in [-0.2, -0.15) is 13.2 Å². The highest BCUT2D eigenvalue weighted by Crippen LogP contribution is 2.31. The van der Waals surface area contributed by atoms with Crippen LogP contribution in [-0.4, -0.2) is 0 Å². The van der Waals surface area contributed by atoms with Crippen molar-refractivity contribution in [3.8, 4) is 0 Å². The molecule has 1 aromatic carbocycles. The summed E-state index contributed by atoms with van der Waals surface area (Å²) in [7, 11) is 0. The van der Waals surface area contributed by atoms with Gasteiger partial charge in [-0.05, 0) is 40.8 Å². The second-order valence-electron chi connectivity index (χ2n) is 2.12. The Kier molecular flexibility index (Phi) is 2.60. The first kappa shape index (κ1) is 9.76. The molecule has 0 unspecified atom stereocenters. The maximum atomic E-state index is 12.6. The van der Waals surface area contributed by atoms with Gasteiger partial charge in [0, 0.05) is 3.57 Å². The molecule has 0 saturated carbocycles. The average Bonchev–Trinajstić information content (AvgIpc) is 1.83. The summed E-state index contributed by atoms with van der Waals surface area (Å²) in [5.41, 5.74) is -1.22. The second kappa shape index (κ2) is 3.20. The molecule has 0 nitrogen and oxygen atoms in total. The Balaban J connectivity index is 3.19. The van der Waals surface area contributed by atoms with Crippen LogP contribution >= 0.6 is 22.6 Å². The van der Waals surface area contributed by atoms with Gasteiger partial charge in [-0.3, -0.25) is 0 Å². The molecule has 0 amide bonds. The number of hydrogen-bond donors (Lipinski definition) is 0. The van der Waals surface area contributed by atoms with E-state index < -0.39 is 17.6 Å². The summed E-state index contributed by atoms with van der Waals surface area (Å²) >= 11 is 1.74. The molecule has 0 radical (unpaired) electrons. The minimum Gasteiger partial charge on any atom is -0.206 e. The molecule has 12 heavy (non-hydrogen) atoms. The number of rotatable bonds is 0. The number of hydrogen-bond acceptors (Lipinski definition) is 0. The quantitative estimate of drug-likeness (QED) is 0.507. The van der Waals surface area contributed by atoms with Crippen LogP contribution in [0.3, 0.4) is 0 Å². The zero-order valence-corrected chi connectivity index (χ0v) is 7.78. The summed E-state index contributed by atoms with van der Waals surface area (Å²) in [4.78, 5) is 0. The lowest BCUT2D eigenvalue weighted by Crippen LogP contribution is -2.07. The minimum absolute atomic E-state index is 0.443. The van der Waals surface area contributed by atoms with Crippen molar-refractivity contribution in [3.05, 3.63) is 33.1 Å². The van der Waals surface area contributed by atoms with Crippen LogP contribution in [0.15, 0.2) is 18.2 Å². The molecule has 0 aliphatic carbocycles. The molecule has 0 aromatic heterocycles. The maximum absolute atomic E-state index is 12.6. The van der Waals surface area contributed by atoms with Crippen LogP contribution in [0.25, 0.3) is 0 Å². The van der Waals surface area contributed by atoms with Crippen LogP contribution in [-0.2, 0) is 6.18 Å². The second-order valence-corrected chi connectivity index (χ2v) is 3.37. The van der Waals surface area contributed by atoms with Crippen molar-refractivity contribution >= 4 is 22.6 Å². The predicted octanol–water partition coefficient (Wildman–Crippen LogP) is 3.45. The van der Waals surface area contributed by atoms with Crippen LogP contribution in [0.5, 0.6) is 0 Å². The molecule has 0 fully saturated rings. The topological polar surface area (TPSA) is 0 Å². The molecule has 0 heterocycles. The van der Waals surface area contributed by atoms with Gasteiger partial charge >= 0.3 is 6.18 Å². The lowest BCUT2D eigenvalue weighted by atomic mass is 10.2. The van der Waals surface area contributed by atoms with Gasteiger partial charge in [0.2, 0.25) is 0 Å². The van der Waals surface area contributed by atoms with E-state index in [0.717, 1.165) is 12.1 Å². The van der Waals surface area contributed by atoms with Gasteiger partial charge < -0.3 is 0 Å². The summed E-state index contributed by atoms with van der Waals surface area (Å²) in [5.74, 6) is -1.23. The first-order valence-corrected chi connectivity index (χ1v) is 4.01. The fourth-order valence-electron chi connectivity index (χ4n) is 0.719. The van der Waals surface area contributed by atoms with Crippen molar-refractivity contribution in [3.63, 3.8) is 0 Å². The molecule has 0 atom stereocenters. The fraction of sp³-hybridized carbons (Fsp3) is 0.143. The zero-order chi connectivity index (χ0) is 9.35. The van der Waals surface area contributed by atoms with E-state index in [4.69, 9.17) is 0 Å². The summed E-state index contributed by atoms with van der Waals surface area (Å²) in [6.07, 6.45) is -4.60. The van der Waals surface area contributed by atoms with E-state index in [1.165, 1.54) is 6.07 Å². The molecule has 0 N–H and O–H groups in total. The van der Waals surface area contributed by atoms with E-state index in [1.54, 1.807) is 22.6 Å². The monoisotopic (exact) mass is 290 g/mol. The Morgan fingerprint density at radius 3 is 2.17 bits per heavy atom. The molecular formula is C7H3F4I. The van der Waals surface area contributed by atoms with Crippen molar-refractivity contribution in [1.29, 1.82) is 0 Å². The van der Waals surface area contributed by atoms with E-state index in [2.05, 4.69) is 0 Å². The van der Waals surface area contributed by atoms with Crippen LogP contribution in [0.4, 0.5) is 17.6 Å². The first-order valence-electron chi connectivity index (χ1n) is 2.93. The Hall–Kier alpha value is -0.330. The predicted molar refractivity (Wildman–Crippen MR) is 44.1 cm³/mol. The Labute approximate surface area is 79.7 Å². The zero-order valence-electron chi connectivity index (χ0n) is 5.62. The van der Waals surface area contributed by atoms with E-state index in [-0.39, 0.29) is 0 Å². The molecule has 0 aliphatic rings. The van der Waals surface area contributed by atoms with Crippen LogP contribution in [0.2, 0.25) is 0 Å². The van der Waals surface area contributed by atoms with Gasteiger partial charge in [0.1, 0.15) is 5.82 Å². The van der Waals surface area contributed by atoms with Crippen molar-refractivity contribution in [2.24, 2.45) is 0 Å². The third kappa shape index (κ3) is 2.09. The van der Waals surface area contributed by atoms with Crippen molar-refractivity contribution < 1.29 is 17.6 Å². The van der Waals surface area contributed by atoms with Crippen molar-refractivity contribution in [1.82, 2.24) is 0 Å². The van der Waals surface area contributed by atoms with E-state index in [1.807, 2.05) is 0 Å². The minimum atomic E-state index is -4.60. The number of halogens is 5. The van der Waals surface area contributed by atoms with Gasteiger partial charge in [-0.1, -0.05) is 0 Å². The molecule has 1 rings (SSSR count). The maximum Gasteiger partial charge on any atom is 0.419 e. The molecule has 0 bridgehead atoms. The SMILES string of the molecule is Fc1cc(I)ccc1C(F)(F)F. The Morgan fingerprint density at radius 2 is 1.75 bits per heavy atom. The van der Waals surface area contributed by atoms with Crippen LogP contribution in [0, 0.1) is 9.39 Å².